The Bertz CT molecular complexity index is 287. The lowest BCUT2D eigenvalue weighted by Gasteiger charge is -2.20. The van der Waals surface area contributed by atoms with Crippen molar-refractivity contribution in [3.05, 3.63) is 12.2 Å². The Morgan fingerprint density at radius 2 is 2.20 bits per heavy atom. The molecule has 0 spiro atoms. The first-order chi connectivity index (χ1) is 7.10. The molecule has 1 N–H and O–H groups in total. The number of esters is 1. The Morgan fingerprint density at radius 1 is 1.53 bits per heavy atom. The second-order valence-electron chi connectivity index (χ2n) is 3.42. The quantitative estimate of drug-likeness (QED) is 0.505. The molecule has 1 aliphatic heterocycles. The molecule has 0 aromatic carbocycles. The molecule has 84 valence electrons. The van der Waals surface area contributed by atoms with Crippen molar-refractivity contribution < 1.29 is 19.4 Å². The Morgan fingerprint density at radius 3 is 2.73 bits per heavy atom. The fraction of sp³-hybridized carbons (Fsp3) is 0.600. The fourth-order valence-electron chi connectivity index (χ4n) is 1.66. The van der Waals surface area contributed by atoms with Crippen LogP contribution < -0.4 is 0 Å². The van der Waals surface area contributed by atoms with E-state index in [-0.39, 0.29) is 18.9 Å². The molecule has 0 bridgehead atoms. The van der Waals surface area contributed by atoms with Gasteiger partial charge in [0.2, 0.25) is 5.91 Å². The monoisotopic (exact) mass is 213 g/mol. The maximum Gasteiger partial charge on any atom is 0.328 e. The van der Waals surface area contributed by atoms with Crippen molar-refractivity contribution in [3.63, 3.8) is 0 Å². The van der Waals surface area contributed by atoms with Crippen molar-refractivity contribution in [2.75, 3.05) is 13.7 Å². The van der Waals surface area contributed by atoms with E-state index < -0.39 is 18.1 Å². The highest BCUT2D eigenvalue weighted by molar-refractivity contribution is 5.92. The zero-order chi connectivity index (χ0) is 11.4. The number of carbonyl (C=O) groups is 2. The Hall–Kier alpha value is -1.36. The Balaban J connectivity index is 2.77. The molecule has 5 nitrogen and oxygen atoms in total. The van der Waals surface area contributed by atoms with Crippen molar-refractivity contribution in [2.45, 2.75) is 25.5 Å². The normalized spacial score (nSPS) is 25.9. The van der Waals surface area contributed by atoms with Crippen molar-refractivity contribution in [2.24, 2.45) is 0 Å². The summed E-state index contributed by atoms with van der Waals surface area (Å²) in [5, 5.41) is 9.41. The molecule has 5 heteroatoms. The molecule has 1 rings (SSSR count). The van der Waals surface area contributed by atoms with Crippen molar-refractivity contribution in [3.8, 4) is 0 Å². The maximum atomic E-state index is 11.5. The summed E-state index contributed by atoms with van der Waals surface area (Å²) in [7, 11) is 1.27. The van der Waals surface area contributed by atoms with Crippen LogP contribution in [0.3, 0.4) is 0 Å². The molecule has 0 saturated carbocycles. The van der Waals surface area contributed by atoms with Crippen LogP contribution in [-0.4, -0.2) is 47.7 Å². The fourth-order valence-corrected chi connectivity index (χ4v) is 1.66. The Kier molecular flexibility index (Phi) is 3.85. The molecule has 15 heavy (non-hydrogen) atoms. The number of nitrogens with zero attached hydrogens (tertiary/aromatic N) is 1. The van der Waals surface area contributed by atoms with Gasteiger partial charge in [-0.2, -0.15) is 0 Å². The standard InChI is InChI=1S/C10H15NO4/c1-3-4-9(13)11-6-7(12)5-8(11)10(14)15-2/h3-4,7-8,12H,5-6H2,1-2H3/b4-3+. The van der Waals surface area contributed by atoms with Gasteiger partial charge in [0.15, 0.2) is 0 Å². The number of methoxy groups -OCH3 is 1. The van der Waals surface area contributed by atoms with Crippen LogP contribution in [0.25, 0.3) is 0 Å². The summed E-state index contributed by atoms with van der Waals surface area (Å²) >= 11 is 0. The largest absolute Gasteiger partial charge is 0.467 e. The predicted octanol–water partition coefficient (Wildman–Crippen LogP) is -0.303. The average molecular weight is 213 g/mol. The van der Waals surface area contributed by atoms with Crippen LogP contribution in [0.1, 0.15) is 13.3 Å². The van der Waals surface area contributed by atoms with Crippen LogP contribution in [0.5, 0.6) is 0 Å². The van der Waals surface area contributed by atoms with E-state index in [2.05, 4.69) is 4.74 Å². The number of allylic oxidation sites excluding steroid dienone is 1. The van der Waals surface area contributed by atoms with Crippen LogP contribution in [0.15, 0.2) is 12.2 Å². The first-order valence-electron chi connectivity index (χ1n) is 4.79. The smallest absolute Gasteiger partial charge is 0.328 e. The van der Waals surface area contributed by atoms with Crippen LogP contribution >= 0.6 is 0 Å². The Labute approximate surface area is 88.3 Å². The van der Waals surface area contributed by atoms with Crippen molar-refractivity contribution >= 4 is 11.9 Å². The van der Waals surface area contributed by atoms with Crippen LogP contribution in [0.2, 0.25) is 0 Å². The number of likely N-dealkylation sites (tertiary alicyclic amines) is 1. The minimum Gasteiger partial charge on any atom is -0.467 e. The van der Waals surface area contributed by atoms with Gasteiger partial charge in [0, 0.05) is 13.0 Å². The summed E-state index contributed by atoms with van der Waals surface area (Å²) in [6.45, 7) is 1.90. The third kappa shape index (κ3) is 2.56. The van der Waals surface area contributed by atoms with Gasteiger partial charge in [0.05, 0.1) is 13.2 Å². The van der Waals surface area contributed by atoms with Gasteiger partial charge in [-0.15, -0.1) is 0 Å². The number of hydrogen-bond acceptors (Lipinski definition) is 4. The number of β-amino-alcohol motifs (C(OH)–C–C–N with tert-alkyl or cyclic N) is 1. The number of hydrogen-bond donors (Lipinski definition) is 1. The minimum absolute atomic E-state index is 0.183. The molecule has 1 saturated heterocycles. The lowest BCUT2D eigenvalue weighted by molar-refractivity contribution is -0.149. The van der Waals surface area contributed by atoms with Gasteiger partial charge in [-0.1, -0.05) is 6.08 Å². The lowest BCUT2D eigenvalue weighted by atomic mass is 10.2. The lowest BCUT2D eigenvalue weighted by Crippen LogP contribution is -2.40. The number of ether oxygens (including phenoxy) is 1. The van der Waals surface area contributed by atoms with Gasteiger partial charge in [0.1, 0.15) is 6.04 Å². The third-order valence-corrected chi connectivity index (χ3v) is 2.34. The van der Waals surface area contributed by atoms with Crippen LogP contribution in [0.4, 0.5) is 0 Å². The highest BCUT2D eigenvalue weighted by Crippen LogP contribution is 2.19. The molecule has 0 aromatic heterocycles. The molecule has 1 heterocycles. The molecule has 1 aliphatic rings. The predicted molar refractivity (Wildman–Crippen MR) is 53.0 cm³/mol. The topological polar surface area (TPSA) is 66.8 Å². The average Bonchev–Trinajstić information content (AvgIpc) is 2.59. The van der Waals surface area contributed by atoms with Crippen LogP contribution in [0, 0.1) is 0 Å². The van der Waals surface area contributed by atoms with Crippen molar-refractivity contribution in [1.29, 1.82) is 0 Å². The third-order valence-electron chi connectivity index (χ3n) is 2.34. The van der Waals surface area contributed by atoms with Gasteiger partial charge in [-0.25, -0.2) is 4.79 Å². The summed E-state index contributed by atoms with van der Waals surface area (Å²) in [6, 6.07) is -0.659. The maximum absolute atomic E-state index is 11.5. The summed E-state index contributed by atoms with van der Waals surface area (Å²) in [6.07, 6.45) is 2.56. The molecule has 0 radical (unpaired) electrons. The molecular weight excluding hydrogens is 198 g/mol. The highest BCUT2D eigenvalue weighted by Gasteiger charge is 2.38. The molecule has 1 amide bonds. The number of rotatable bonds is 2. The van der Waals surface area contributed by atoms with Gasteiger partial charge in [0.25, 0.3) is 0 Å². The highest BCUT2D eigenvalue weighted by atomic mass is 16.5. The molecule has 2 atom stereocenters. The number of carbonyl (C=O) groups excluding carboxylic acids is 2. The van der Waals surface area contributed by atoms with E-state index in [0.717, 1.165) is 0 Å². The van der Waals surface area contributed by atoms with Gasteiger partial charge in [-0.3, -0.25) is 4.79 Å². The zero-order valence-corrected chi connectivity index (χ0v) is 8.84. The molecular formula is C10H15NO4. The van der Waals surface area contributed by atoms with E-state index in [9.17, 15) is 14.7 Å². The summed E-state index contributed by atoms with van der Waals surface area (Å²) < 4.78 is 4.57. The number of aliphatic hydroxyl groups excluding tert-OH is 1. The van der Waals surface area contributed by atoms with Crippen molar-refractivity contribution in [1.82, 2.24) is 4.90 Å². The van der Waals surface area contributed by atoms with Gasteiger partial charge in [-0.05, 0) is 13.0 Å². The second kappa shape index (κ2) is 4.93. The second-order valence-corrected chi connectivity index (χ2v) is 3.42. The van der Waals surface area contributed by atoms with Gasteiger partial charge < -0.3 is 14.7 Å². The SMILES string of the molecule is C/C=C/C(=O)N1CC(O)CC1C(=O)OC. The van der Waals surface area contributed by atoms with E-state index in [1.165, 1.54) is 18.1 Å². The first-order valence-corrected chi connectivity index (χ1v) is 4.79. The summed E-state index contributed by atoms with van der Waals surface area (Å²) in [4.78, 5) is 24.2. The van der Waals surface area contributed by atoms with Crippen LogP contribution in [-0.2, 0) is 14.3 Å². The van der Waals surface area contributed by atoms with E-state index in [1.54, 1.807) is 13.0 Å². The van der Waals surface area contributed by atoms with E-state index in [4.69, 9.17) is 0 Å². The first kappa shape index (κ1) is 11.7. The number of amides is 1. The van der Waals surface area contributed by atoms with E-state index >= 15 is 0 Å². The molecule has 1 fully saturated rings. The zero-order valence-electron chi connectivity index (χ0n) is 8.84. The van der Waals surface area contributed by atoms with E-state index in [1.807, 2.05) is 0 Å². The summed E-state index contributed by atoms with van der Waals surface area (Å²) in [5.41, 5.74) is 0. The summed E-state index contributed by atoms with van der Waals surface area (Å²) in [5.74, 6) is -0.756. The molecule has 0 aliphatic carbocycles. The minimum atomic E-state index is -0.659. The molecule has 0 aromatic rings. The van der Waals surface area contributed by atoms with E-state index in [0.29, 0.717) is 0 Å². The van der Waals surface area contributed by atoms with Gasteiger partial charge >= 0.3 is 5.97 Å². The number of aliphatic hydroxyl groups is 1. The molecule has 2 unspecified atom stereocenters.